The summed E-state index contributed by atoms with van der Waals surface area (Å²) >= 11 is 6.18. The summed E-state index contributed by atoms with van der Waals surface area (Å²) in [5, 5.41) is 18.6. The van der Waals surface area contributed by atoms with Gasteiger partial charge in [-0.15, -0.1) is 5.10 Å². The number of hydrogen-bond donors (Lipinski definition) is 0. The second-order valence-corrected chi connectivity index (χ2v) is 5.10. The van der Waals surface area contributed by atoms with Crippen molar-refractivity contribution >= 4 is 28.2 Å². The molecule has 0 aliphatic heterocycles. The first-order valence-electron chi connectivity index (χ1n) is 6.41. The van der Waals surface area contributed by atoms with Crippen LogP contribution in [0.15, 0.2) is 30.6 Å². The van der Waals surface area contributed by atoms with Crippen LogP contribution in [-0.2, 0) is 7.05 Å². The third kappa shape index (κ3) is 1.75. The monoisotopic (exact) mass is 309 g/mol. The Morgan fingerprint density at radius 3 is 2.86 bits per heavy atom. The molecule has 0 spiro atoms. The van der Waals surface area contributed by atoms with E-state index in [0.717, 1.165) is 5.56 Å². The minimum Gasteiger partial charge on any atom is -0.275 e. The first-order chi connectivity index (χ1) is 10.7. The van der Waals surface area contributed by atoms with Gasteiger partial charge >= 0.3 is 0 Å². The number of nitriles is 1. The Bertz CT molecular complexity index is 1070. The summed E-state index contributed by atoms with van der Waals surface area (Å²) in [6.07, 6.45) is 3.48. The average Bonchev–Trinajstić information content (AvgIpc) is 3.13. The first-order valence-corrected chi connectivity index (χ1v) is 6.79. The Hall–Kier alpha value is -2.98. The molecule has 0 bridgehead atoms. The normalized spacial score (nSPS) is 11.1. The standard InChI is InChI=1S/C14H8ClN7/c1-21-7-9(6-17-21)12-19-13-11-8(5-16)3-2-4-10(11)18-14(15)22(13)20-12/h2-4,6-7H,1H3. The van der Waals surface area contributed by atoms with Gasteiger partial charge < -0.3 is 0 Å². The number of nitrogens with zero attached hydrogens (tertiary/aromatic N) is 7. The van der Waals surface area contributed by atoms with Gasteiger partial charge in [-0.3, -0.25) is 4.68 Å². The number of rotatable bonds is 1. The molecular formula is C14H8ClN7. The lowest BCUT2D eigenvalue weighted by atomic mass is 10.1. The van der Waals surface area contributed by atoms with Gasteiger partial charge in [-0.2, -0.15) is 14.9 Å². The van der Waals surface area contributed by atoms with Crippen LogP contribution in [0, 0.1) is 11.3 Å². The van der Waals surface area contributed by atoms with E-state index in [-0.39, 0.29) is 5.28 Å². The molecule has 1 aromatic carbocycles. The summed E-state index contributed by atoms with van der Waals surface area (Å²) in [6.45, 7) is 0. The van der Waals surface area contributed by atoms with Gasteiger partial charge in [0, 0.05) is 13.2 Å². The summed E-state index contributed by atoms with van der Waals surface area (Å²) in [6, 6.07) is 7.43. The topological polar surface area (TPSA) is 84.7 Å². The maximum absolute atomic E-state index is 9.31. The molecule has 3 aromatic heterocycles. The van der Waals surface area contributed by atoms with Gasteiger partial charge in [0.15, 0.2) is 11.5 Å². The van der Waals surface area contributed by atoms with Crippen molar-refractivity contribution in [2.24, 2.45) is 7.05 Å². The molecule has 0 aliphatic rings. The maximum atomic E-state index is 9.31. The molecule has 7 nitrogen and oxygen atoms in total. The van der Waals surface area contributed by atoms with Crippen molar-refractivity contribution in [2.45, 2.75) is 0 Å². The number of hydrogen-bond acceptors (Lipinski definition) is 5. The fourth-order valence-electron chi connectivity index (χ4n) is 2.37. The van der Waals surface area contributed by atoms with Gasteiger partial charge in [-0.25, -0.2) is 9.97 Å². The van der Waals surface area contributed by atoms with Gasteiger partial charge in [0.2, 0.25) is 5.28 Å². The lowest BCUT2D eigenvalue weighted by Gasteiger charge is -2.02. The van der Waals surface area contributed by atoms with Crippen LogP contribution in [0.3, 0.4) is 0 Å². The largest absolute Gasteiger partial charge is 0.275 e. The number of halogens is 1. The highest BCUT2D eigenvalue weighted by atomic mass is 35.5. The highest BCUT2D eigenvalue weighted by Crippen LogP contribution is 2.26. The van der Waals surface area contributed by atoms with Crippen LogP contribution in [0.1, 0.15) is 5.56 Å². The predicted octanol–water partition coefficient (Wildman–Crippen LogP) is 2.20. The highest BCUT2D eigenvalue weighted by Gasteiger charge is 2.16. The van der Waals surface area contributed by atoms with Crippen LogP contribution in [0.5, 0.6) is 0 Å². The van der Waals surface area contributed by atoms with E-state index in [9.17, 15) is 5.26 Å². The molecule has 4 rings (SSSR count). The first kappa shape index (κ1) is 12.7. The summed E-state index contributed by atoms with van der Waals surface area (Å²) in [5.74, 6) is 0.483. The van der Waals surface area contributed by atoms with Crippen LogP contribution < -0.4 is 0 Å². The Balaban J connectivity index is 2.12. The van der Waals surface area contributed by atoms with E-state index in [1.165, 1.54) is 4.52 Å². The van der Waals surface area contributed by atoms with Gasteiger partial charge in [-0.1, -0.05) is 6.07 Å². The van der Waals surface area contributed by atoms with E-state index in [1.807, 2.05) is 13.2 Å². The fourth-order valence-corrected chi connectivity index (χ4v) is 2.58. The number of aromatic nitrogens is 6. The third-order valence-corrected chi connectivity index (χ3v) is 3.59. The van der Waals surface area contributed by atoms with E-state index in [0.29, 0.717) is 27.9 Å². The van der Waals surface area contributed by atoms with Gasteiger partial charge in [0.25, 0.3) is 0 Å². The molecule has 0 fully saturated rings. The van der Waals surface area contributed by atoms with Crippen LogP contribution in [-0.4, -0.2) is 29.4 Å². The molecule has 0 unspecified atom stereocenters. The van der Waals surface area contributed by atoms with Gasteiger partial charge in [0.05, 0.1) is 34.3 Å². The zero-order valence-electron chi connectivity index (χ0n) is 11.4. The van der Waals surface area contributed by atoms with Crippen molar-refractivity contribution in [2.75, 3.05) is 0 Å². The Morgan fingerprint density at radius 1 is 1.27 bits per heavy atom. The molecule has 22 heavy (non-hydrogen) atoms. The maximum Gasteiger partial charge on any atom is 0.226 e. The molecule has 4 aromatic rings. The SMILES string of the molecule is Cn1cc(-c2nc3c4c(C#N)cccc4nc(Cl)n3n2)cn1. The Kier molecular flexibility index (Phi) is 2.61. The second kappa shape index (κ2) is 4.51. The molecule has 0 saturated heterocycles. The molecule has 3 heterocycles. The molecule has 0 N–H and O–H groups in total. The average molecular weight is 310 g/mol. The predicted molar refractivity (Wildman–Crippen MR) is 80.2 cm³/mol. The molecule has 106 valence electrons. The van der Waals surface area contributed by atoms with E-state index < -0.39 is 0 Å². The molecule has 0 radical (unpaired) electrons. The quantitative estimate of drug-likeness (QED) is 0.503. The van der Waals surface area contributed by atoms with Gasteiger partial charge in [0.1, 0.15) is 0 Å². The van der Waals surface area contributed by atoms with Crippen molar-refractivity contribution in [3.63, 3.8) is 0 Å². The fraction of sp³-hybridized carbons (Fsp3) is 0.0714. The lowest BCUT2D eigenvalue weighted by Crippen LogP contribution is -1.96. The molecule has 0 atom stereocenters. The summed E-state index contributed by atoms with van der Waals surface area (Å²) in [5.41, 5.74) is 2.37. The zero-order chi connectivity index (χ0) is 15.3. The van der Waals surface area contributed by atoms with Crippen LogP contribution in [0.25, 0.3) is 27.9 Å². The summed E-state index contributed by atoms with van der Waals surface area (Å²) in [4.78, 5) is 8.80. The lowest BCUT2D eigenvalue weighted by molar-refractivity contribution is 0.768. The van der Waals surface area contributed by atoms with Crippen molar-refractivity contribution in [1.82, 2.24) is 29.4 Å². The molecule has 0 aliphatic carbocycles. The smallest absolute Gasteiger partial charge is 0.226 e. The van der Waals surface area contributed by atoms with Crippen molar-refractivity contribution in [3.8, 4) is 17.5 Å². The minimum atomic E-state index is 0.195. The van der Waals surface area contributed by atoms with Crippen LogP contribution in [0.4, 0.5) is 0 Å². The molecular weight excluding hydrogens is 302 g/mol. The summed E-state index contributed by atoms with van der Waals surface area (Å²) < 4.78 is 3.10. The number of fused-ring (bicyclic) bond motifs is 3. The van der Waals surface area contributed by atoms with Crippen LogP contribution in [0.2, 0.25) is 5.28 Å². The van der Waals surface area contributed by atoms with E-state index in [2.05, 4.69) is 26.2 Å². The second-order valence-electron chi connectivity index (χ2n) is 4.77. The zero-order valence-corrected chi connectivity index (χ0v) is 12.2. The third-order valence-electron chi connectivity index (χ3n) is 3.34. The minimum absolute atomic E-state index is 0.195. The molecule has 8 heteroatoms. The Labute approximate surface area is 129 Å². The van der Waals surface area contributed by atoms with Crippen LogP contribution >= 0.6 is 11.6 Å². The Morgan fingerprint density at radius 2 is 2.14 bits per heavy atom. The van der Waals surface area contributed by atoms with Gasteiger partial charge in [-0.05, 0) is 23.7 Å². The number of benzene rings is 1. The number of aryl methyl sites for hydroxylation is 1. The van der Waals surface area contributed by atoms with E-state index in [4.69, 9.17) is 11.6 Å². The van der Waals surface area contributed by atoms with Crippen molar-refractivity contribution in [3.05, 3.63) is 41.4 Å². The summed E-state index contributed by atoms with van der Waals surface area (Å²) in [7, 11) is 1.82. The van der Waals surface area contributed by atoms with Crippen molar-refractivity contribution in [1.29, 1.82) is 5.26 Å². The highest BCUT2D eigenvalue weighted by molar-refractivity contribution is 6.29. The van der Waals surface area contributed by atoms with E-state index >= 15 is 0 Å². The molecule has 0 saturated carbocycles. The molecule has 0 amide bonds. The van der Waals surface area contributed by atoms with E-state index in [1.54, 1.807) is 29.1 Å². The van der Waals surface area contributed by atoms with Crippen molar-refractivity contribution < 1.29 is 0 Å².